The minimum absolute atomic E-state index is 0.0347. The fraction of sp³-hybridized carbons (Fsp3) is 0.125. The zero-order chi connectivity index (χ0) is 8.27. The average Bonchev–Trinajstić information content (AvgIpc) is 2.05. The molecule has 0 fully saturated rings. The predicted molar refractivity (Wildman–Crippen MR) is 39.0 cm³/mol. The second-order valence-corrected chi connectivity index (χ2v) is 2.06. The van der Waals surface area contributed by atoms with Gasteiger partial charge in [0.15, 0.2) is 5.83 Å². The number of aromatic nitrogens is 1. The molecule has 0 aliphatic heterocycles. The Kier molecular flexibility index (Phi) is 2.31. The standard InChI is InChI=1S/C8H7F2N/c1-6(9)8(10)7-4-2-3-5-11-7/h2-5H,1H3/b8-6+. The first kappa shape index (κ1) is 7.85. The number of rotatable bonds is 1. The maximum Gasteiger partial charge on any atom is 0.179 e. The van der Waals surface area contributed by atoms with Crippen LogP contribution in [0.25, 0.3) is 5.83 Å². The van der Waals surface area contributed by atoms with Crippen molar-refractivity contribution in [1.82, 2.24) is 4.98 Å². The molecule has 0 spiro atoms. The summed E-state index contributed by atoms with van der Waals surface area (Å²) in [4.78, 5) is 3.63. The maximum atomic E-state index is 12.7. The van der Waals surface area contributed by atoms with Crippen molar-refractivity contribution in [1.29, 1.82) is 0 Å². The van der Waals surface area contributed by atoms with E-state index in [9.17, 15) is 8.78 Å². The second kappa shape index (κ2) is 3.23. The van der Waals surface area contributed by atoms with Crippen molar-refractivity contribution < 1.29 is 8.78 Å². The minimum atomic E-state index is -0.898. The third-order valence-electron chi connectivity index (χ3n) is 1.19. The highest BCUT2D eigenvalue weighted by Crippen LogP contribution is 2.17. The topological polar surface area (TPSA) is 12.9 Å². The highest BCUT2D eigenvalue weighted by Gasteiger charge is 2.03. The van der Waals surface area contributed by atoms with E-state index in [1.807, 2.05) is 0 Å². The summed E-state index contributed by atoms with van der Waals surface area (Å²) in [6.45, 7) is 1.06. The molecule has 0 unspecified atom stereocenters. The van der Waals surface area contributed by atoms with Crippen molar-refractivity contribution in [3.8, 4) is 0 Å². The van der Waals surface area contributed by atoms with Gasteiger partial charge in [0.05, 0.1) is 0 Å². The summed E-state index contributed by atoms with van der Waals surface area (Å²) in [5.41, 5.74) is 0.0347. The SMILES string of the molecule is C/C(F)=C(\F)c1ccccn1. The number of pyridine rings is 1. The Balaban J connectivity index is 3.04. The number of halogens is 2. The molecule has 1 heterocycles. The lowest BCUT2D eigenvalue weighted by Gasteiger charge is -1.94. The molecule has 0 aliphatic carbocycles. The van der Waals surface area contributed by atoms with Gasteiger partial charge in [-0.15, -0.1) is 0 Å². The van der Waals surface area contributed by atoms with Gasteiger partial charge in [-0.25, -0.2) is 8.78 Å². The molecule has 1 aromatic heterocycles. The van der Waals surface area contributed by atoms with Crippen LogP contribution < -0.4 is 0 Å². The lowest BCUT2D eigenvalue weighted by Crippen LogP contribution is -1.83. The van der Waals surface area contributed by atoms with Crippen LogP contribution >= 0.6 is 0 Å². The smallest absolute Gasteiger partial charge is 0.179 e. The molecule has 0 radical (unpaired) electrons. The van der Waals surface area contributed by atoms with Crippen LogP contribution in [0.4, 0.5) is 8.78 Å². The lowest BCUT2D eigenvalue weighted by molar-refractivity contribution is 0.604. The summed E-state index contributed by atoms with van der Waals surface area (Å²) in [5.74, 6) is -1.74. The average molecular weight is 155 g/mol. The normalized spacial score (nSPS) is 12.6. The van der Waals surface area contributed by atoms with Crippen molar-refractivity contribution in [3.05, 3.63) is 35.9 Å². The Bertz CT molecular complexity index is 263. The number of nitrogens with zero attached hydrogens (tertiary/aromatic N) is 1. The van der Waals surface area contributed by atoms with Gasteiger partial charge in [0, 0.05) is 6.20 Å². The van der Waals surface area contributed by atoms with E-state index in [-0.39, 0.29) is 5.69 Å². The summed E-state index contributed by atoms with van der Waals surface area (Å²) < 4.78 is 24.9. The summed E-state index contributed by atoms with van der Waals surface area (Å²) >= 11 is 0. The fourth-order valence-electron chi connectivity index (χ4n) is 0.669. The van der Waals surface area contributed by atoms with E-state index in [4.69, 9.17) is 0 Å². The highest BCUT2D eigenvalue weighted by atomic mass is 19.2. The number of allylic oxidation sites excluding steroid dienone is 1. The van der Waals surface area contributed by atoms with E-state index in [0.717, 1.165) is 6.92 Å². The Labute approximate surface area is 63.4 Å². The molecule has 0 atom stereocenters. The molecule has 0 saturated carbocycles. The number of hydrogen-bond acceptors (Lipinski definition) is 1. The van der Waals surface area contributed by atoms with E-state index in [1.165, 1.54) is 12.3 Å². The second-order valence-electron chi connectivity index (χ2n) is 2.06. The van der Waals surface area contributed by atoms with E-state index >= 15 is 0 Å². The van der Waals surface area contributed by atoms with Crippen LogP contribution in [0.3, 0.4) is 0 Å². The van der Waals surface area contributed by atoms with Gasteiger partial charge in [-0.3, -0.25) is 4.98 Å². The third kappa shape index (κ3) is 1.83. The Morgan fingerprint density at radius 2 is 2.09 bits per heavy atom. The molecule has 0 aromatic carbocycles. The first-order valence-corrected chi connectivity index (χ1v) is 3.15. The Morgan fingerprint density at radius 1 is 1.36 bits per heavy atom. The van der Waals surface area contributed by atoms with Crippen LogP contribution in [0.15, 0.2) is 30.2 Å². The van der Waals surface area contributed by atoms with Crippen LogP contribution in [0, 0.1) is 0 Å². The van der Waals surface area contributed by atoms with Gasteiger partial charge in [0.1, 0.15) is 11.5 Å². The third-order valence-corrected chi connectivity index (χ3v) is 1.19. The first-order valence-electron chi connectivity index (χ1n) is 3.15. The van der Waals surface area contributed by atoms with Crippen molar-refractivity contribution in [3.63, 3.8) is 0 Å². The van der Waals surface area contributed by atoms with Crippen LogP contribution in [0.1, 0.15) is 12.6 Å². The molecule has 1 rings (SSSR count). The molecule has 58 valence electrons. The van der Waals surface area contributed by atoms with Gasteiger partial charge >= 0.3 is 0 Å². The number of hydrogen-bond donors (Lipinski definition) is 0. The molecule has 1 aromatic rings. The van der Waals surface area contributed by atoms with E-state index < -0.39 is 11.7 Å². The summed E-state index contributed by atoms with van der Waals surface area (Å²) in [6.07, 6.45) is 1.41. The molecule has 1 nitrogen and oxygen atoms in total. The molecular weight excluding hydrogens is 148 g/mol. The van der Waals surface area contributed by atoms with Gasteiger partial charge in [-0.05, 0) is 19.1 Å². The van der Waals surface area contributed by atoms with E-state index in [1.54, 1.807) is 12.1 Å². The molecule has 0 aliphatic rings. The van der Waals surface area contributed by atoms with Gasteiger partial charge in [-0.1, -0.05) is 6.07 Å². The van der Waals surface area contributed by atoms with Crippen molar-refractivity contribution in [2.45, 2.75) is 6.92 Å². The Hall–Kier alpha value is -1.25. The van der Waals surface area contributed by atoms with Crippen LogP contribution in [-0.4, -0.2) is 4.98 Å². The van der Waals surface area contributed by atoms with Crippen molar-refractivity contribution in [2.24, 2.45) is 0 Å². The highest BCUT2D eigenvalue weighted by molar-refractivity contribution is 5.56. The summed E-state index contributed by atoms with van der Waals surface area (Å²) in [7, 11) is 0. The van der Waals surface area contributed by atoms with E-state index in [0.29, 0.717) is 0 Å². The monoisotopic (exact) mass is 155 g/mol. The minimum Gasteiger partial charge on any atom is -0.254 e. The maximum absolute atomic E-state index is 12.7. The zero-order valence-electron chi connectivity index (χ0n) is 6.01. The summed E-state index contributed by atoms with van der Waals surface area (Å²) in [6, 6.07) is 4.66. The summed E-state index contributed by atoms with van der Waals surface area (Å²) in [5, 5.41) is 0. The van der Waals surface area contributed by atoms with Crippen LogP contribution in [0.2, 0.25) is 0 Å². The quantitative estimate of drug-likeness (QED) is 0.607. The van der Waals surface area contributed by atoms with Gasteiger partial charge < -0.3 is 0 Å². The Morgan fingerprint density at radius 3 is 2.55 bits per heavy atom. The van der Waals surface area contributed by atoms with Gasteiger partial charge in [0.25, 0.3) is 0 Å². The zero-order valence-corrected chi connectivity index (χ0v) is 6.01. The van der Waals surface area contributed by atoms with Crippen LogP contribution in [0.5, 0.6) is 0 Å². The molecule has 0 amide bonds. The van der Waals surface area contributed by atoms with E-state index in [2.05, 4.69) is 4.98 Å². The molecule has 11 heavy (non-hydrogen) atoms. The molecule has 0 bridgehead atoms. The molecule has 3 heteroatoms. The predicted octanol–water partition coefficient (Wildman–Crippen LogP) is 2.71. The van der Waals surface area contributed by atoms with Crippen molar-refractivity contribution in [2.75, 3.05) is 0 Å². The lowest BCUT2D eigenvalue weighted by atomic mass is 10.3. The molecule has 0 saturated heterocycles. The fourth-order valence-corrected chi connectivity index (χ4v) is 0.669. The van der Waals surface area contributed by atoms with Crippen molar-refractivity contribution >= 4 is 5.83 Å². The van der Waals surface area contributed by atoms with Gasteiger partial charge in [-0.2, -0.15) is 0 Å². The molecular formula is C8H7F2N. The first-order chi connectivity index (χ1) is 5.22. The van der Waals surface area contributed by atoms with Gasteiger partial charge in [0.2, 0.25) is 0 Å². The van der Waals surface area contributed by atoms with Crippen LogP contribution in [-0.2, 0) is 0 Å². The molecule has 0 N–H and O–H groups in total. The largest absolute Gasteiger partial charge is 0.254 e.